The minimum absolute atomic E-state index is 0.0263. The lowest BCUT2D eigenvalue weighted by molar-refractivity contribution is 0.0471. The van der Waals surface area contributed by atoms with Gasteiger partial charge in [-0.05, 0) is 30.6 Å². The van der Waals surface area contributed by atoms with Crippen LogP contribution in [0.5, 0.6) is 0 Å². The Hall–Kier alpha value is -0.0400. The van der Waals surface area contributed by atoms with Gasteiger partial charge in [-0.2, -0.15) is 0 Å². The third kappa shape index (κ3) is 2.73. The van der Waals surface area contributed by atoms with Gasteiger partial charge in [0.2, 0.25) is 0 Å². The molecule has 0 aromatic carbocycles. The molecule has 0 amide bonds. The molecule has 3 unspecified atom stereocenters. The first-order valence-electron chi connectivity index (χ1n) is 6.40. The first-order valence-corrected chi connectivity index (χ1v) is 6.40. The molecule has 0 spiro atoms. The Balaban J connectivity index is 2.41. The highest BCUT2D eigenvalue weighted by Crippen LogP contribution is 2.37. The maximum atomic E-state index is 10.2. The minimum atomic E-state index is -0.0263. The largest absolute Gasteiger partial charge is 0.393 e. The van der Waals surface area contributed by atoms with Crippen LogP contribution in [0.3, 0.4) is 0 Å². The van der Waals surface area contributed by atoms with Crippen LogP contribution in [0.2, 0.25) is 0 Å². The van der Waals surface area contributed by atoms with Gasteiger partial charge in [-0.3, -0.25) is 0 Å². The monoisotopic (exact) mass is 198 g/mol. The van der Waals surface area contributed by atoms with E-state index >= 15 is 0 Å². The molecule has 0 aromatic rings. The van der Waals surface area contributed by atoms with Crippen molar-refractivity contribution in [2.24, 2.45) is 17.8 Å². The van der Waals surface area contributed by atoms with Crippen molar-refractivity contribution in [3.8, 4) is 0 Å². The van der Waals surface area contributed by atoms with Gasteiger partial charge in [-0.25, -0.2) is 0 Å². The van der Waals surface area contributed by atoms with Crippen molar-refractivity contribution < 1.29 is 5.11 Å². The second-order valence-corrected chi connectivity index (χ2v) is 4.91. The number of hydrogen-bond acceptors (Lipinski definition) is 1. The Morgan fingerprint density at radius 2 is 1.79 bits per heavy atom. The average Bonchev–Trinajstić information content (AvgIpc) is 2.67. The second kappa shape index (κ2) is 5.75. The van der Waals surface area contributed by atoms with Crippen molar-refractivity contribution in [3.63, 3.8) is 0 Å². The molecule has 0 heterocycles. The normalized spacial score (nSPS) is 29.8. The van der Waals surface area contributed by atoms with Crippen molar-refractivity contribution in [2.45, 2.75) is 65.4 Å². The van der Waals surface area contributed by atoms with Gasteiger partial charge in [0.1, 0.15) is 0 Å². The average molecular weight is 198 g/mol. The van der Waals surface area contributed by atoms with Crippen LogP contribution in [-0.2, 0) is 0 Å². The number of hydrogen-bond donors (Lipinski definition) is 1. The molecular formula is C13H26O. The molecule has 1 aliphatic carbocycles. The fourth-order valence-electron chi connectivity index (χ4n) is 2.95. The summed E-state index contributed by atoms with van der Waals surface area (Å²) in [7, 11) is 0. The van der Waals surface area contributed by atoms with Crippen LogP contribution in [0, 0.1) is 17.8 Å². The number of aliphatic hydroxyl groups excluding tert-OH is 1. The molecule has 84 valence electrons. The van der Waals surface area contributed by atoms with E-state index in [9.17, 15) is 5.11 Å². The fraction of sp³-hybridized carbons (Fsp3) is 1.00. The van der Waals surface area contributed by atoms with Gasteiger partial charge in [-0.1, -0.05) is 46.5 Å². The third-order valence-corrected chi connectivity index (χ3v) is 4.17. The van der Waals surface area contributed by atoms with Gasteiger partial charge in [0, 0.05) is 0 Å². The standard InChI is InChI=1S/C13H26O/c1-4-10-7-8-12(9-10)13(14)11(5-2)6-3/h10-14H,4-9H2,1-3H3. The molecular weight excluding hydrogens is 172 g/mol. The van der Waals surface area contributed by atoms with Gasteiger partial charge in [0.15, 0.2) is 0 Å². The highest BCUT2D eigenvalue weighted by Gasteiger charge is 2.31. The number of aliphatic hydroxyl groups is 1. The SMILES string of the molecule is CCC1CCC(C(O)C(CC)CC)C1. The van der Waals surface area contributed by atoms with E-state index in [1.807, 2.05) is 0 Å². The molecule has 1 nitrogen and oxygen atoms in total. The quantitative estimate of drug-likeness (QED) is 0.715. The van der Waals surface area contributed by atoms with E-state index < -0.39 is 0 Å². The lowest BCUT2D eigenvalue weighted by Gasteiger charge is -2.25. The first-order chi connectivity index (χ1) is 6.72. The predicted octanol–water partition coefficient (Wildman–Crippen LogP) is 3.61. The molecule has 1 aliphatic rings. The van der Waals surface area contributed by atoms with Crippen LogP contribution < -0.4 is 0 Å². The van der Waals surface area contributed by atoms with Gasteiger partial charge >= 0.3 is 0 Å². The molecule has 1 N–H and O–H groups in total. The van der Waals surface area contributed by atoms with Crippen molar-refractivity contribution >= 4 is 0 Å². The Morgan fingerprint density at radius 3 is 2.21 bits per heavy atom. The smallest absolute Gasteiger partial charge is 0.0596 e. The molecule has 14 heavy (non-hydrogen) atoms. The molecule has 0 saturated heterocycles. The van der Waals surface area contributed by atoms with E-state index in [1.54, 1.807) is 0 Å². The molecule has 0 aliphatic heterocycles. The molecule has 1 fully saturated rings. The van der Waals surface area contributed by atoms with Crippen LogP contribution in [-0.4, -0.2) is 11.2 Å². The molecule has 1 heteroatoms. The molecule has 1 saturated carbocycles. The second-order valence-electron chi connectivity index (χ2n) is 4.91. The van der Waals surface area contributed by atoms with E-state index in [0.29, 0.717) is 11.8 Å². The van der Waals surface area contributed by atoms with Crippen molar-refractivity contribution in [1.29, 1.82) is 0 Å². The van der Waals surface area contributed by atoms with E-state index in [2.05, 4.69) is 20.8 Å². The summed E-state index contributed by atoms with van der Waals surface area (Å²) in [5.41, 5.74) is 0. The Labute approximate surface area is 88.9 Å². The van der Waals surface area contributed by atoms with Crippen LogP contribution >= 0.6 is 0 Å². The maximum absolute atomic E-state index is 10.2. The predicted molar refractivity (Wildman–Crippen MR) is 61.2 cm³/mol. The summed E-state index contributed by atoms with van der Waals surface area (Å²) in [4.78, 5) is 0. The summed E-state index contributed by atoms with van der Waals surface area (Å²) in [5, 5.41) is 10.2. The molecule has 0 aromatic heterocycles. The van der Waals surface area contributed by atoms with Crippen LogP contribution in [0.1, 0.15) is 59.3 Å². The van der Waals surface area contributed by atoms with E-state index in [1.165, 1.54) is 25.7 Å². The minimum Gasteiger partial charge on any atom is -0.393 e. The lowest BCUT2D eigenvalue weighted by Crippen LogP contribution is -2.27. The molecule has 1 rings (SSSR count). The van der Waals surface area contributed by atoms with Crippen LogP contribution in [0.4, 0.5) is 0 Å². The summed E-state index contributed by atoms with van der Waals surface area (Å²) in [6.07, 6.45) is 7.41. The molecule has 3 atom stereocenters. The van der Waals surface area contributed by atoms with Gasteiger partial charge in [0.05, 0.1) is 6.10 Å². The number of rotatable bonds is 5. The van der Waals surface area contributed by atoms with Gasteiger partial charge < -0.3 is 5.11 Å². The van der Waals surface area contributed by atoms with Crippen LogP contribution in [0.15, 0.2) is 0 Å². The third-order valence-electron chi connectivity index (χ3n) is 4.17. The van der Waals surface area contributed by atoms with Crippen molar-refractivity contribution in [3.05, 3.63) is 0 Å². The Morgan fingerprint density at radius 1 is 1.14 bits per heavy atom. The van der Waals surface area contributed by atoms with Crippen LogP contribution in [0.25, 0.3) is 0 Å². The zero-order valence-corrected chi connectivity index (χ0v) is 10.00. The van der Waals surface area contributed by atoms with Gasteiger partial charge in [-0.15, -0.1) is 0 Å². The van der Waals surface area contributed by atoms with E-state index in [4.69, 9.17) is 0 Å². The maximum Gasteiger partial charge on any atom is 0.0596 e. The lowest BCUT2D eigenvalue weighted by atomic mass is 9.86. The summed E-state index contributed by atoms with van der Waals surface area (Å²) >= 11 is 0. The fourth-order valence-corrected chi connectivity index (χ4v) is 2.95. The molecule has 0 radical (unpaired) electrons. The zero-order valence-electron chi connectivity index (χ0n) is 10.00. The summed E-state index contributed by atoms with van der Waals surface area (Å²) in [6.45, 7) is 6.67. The van der Waals surface area contributed by atoms with E-state index in [-0.39, 0.29) is 6.10 Å². The van der Waals surface area contributed by atoms with Crippen molar-refractivity contribution in [2.75, 3.05) is 0 Å². The topological polar surface area (TPSA) is 20.2 Å². The van der Waals surface area contributed by atoms with E-state index in [0.717, 1.165) is 18.8 Å². The van der Waals surface area contributed by atoms with Crippen molar-refractivity contribution in [1.82, 2.24) is 0 Å². The highest BCUT2D eigenvalue weighted by molar-refractivity contribution is 4.82. The molecule has 0 bridgehead atoms. The highest BCUT2D eigenvalue weighted by atomic mass is 16.3. The summed E-state index contributed by atoms with van der Waals surface area (Å²) in [5.74, 6) is 2.03. The summed E-state index contributed by atoms with van der Waals surface area (Å²) < 4.78 is 0. The van der Waals surface area contributed by atoms with Gasteiger partial charge in [0.25, 0.3) is 0 Å². The summed E-state index contributed by atoms with van der Waals surface area (Å²) in [6, 6.07) is 0. The Kier molecular flexibility index (Phi) is 4.94. The Bertz CT molecular complexity index is 151. The zero-order chi connectivity index (χ0) is 10.6. The first kappa shape index (κ1) is 12.0.